The zero-order chi connectivity index (χ0) is 15.6. The Bertz CT molecular complexity index is 478. The molecule has 1 fully saturated rings. The largest absolute Gasteiger partial charge is 0.341 e. The summed E-state index contributed by atoms with van der Waals surface area (Å²) >= 11 is 0. The molecular formula is C17H30N4. The average molecular weight is 290 g/mol. The van der Waals surface area contributed by atoms with Crippen molar-refractivity contribution >= 4 is 5.95 Å². The van der Waals surface area contributed by atoms with Crippen LogP contribution in [0.15, 0.2) is 6.20 Å². The van der Waals surface area contributed by atoms with Crippen LogP contribution in [0.25, 0.3) is 0 Å². The van der Waals surface area contributed by atoms with E-state index in [0.29, 0.717) is 5.92 Å². The molecule has 1 aromatic heterocycles. The Morgan fingerprint density at radius 2 is 2.00 bits per heavy atom. The van der Waals surface area contributed by atoms with Gasteiger partial charge in [0.15, 0.2) is 0 Å². The van der Waals surface area contributed by atoms with Gasteiger partial charge in [-0.05, 0) is 46.0 Å². The highest BCUT2D eigenvalue weighted by atomic mass is 15.3. The van der Waals surface area contributed by atoms with Crippen LogP contribution < -0.4 is 10.2 Å². The molecule has 118 valence electrons. The number of anilines is 1. The number of rotatable bonds is 3. The molecule has 0 bridgehead atoms. The van der Waals surface area contributed by atoms with Crippen LogP contribution in [0.3, 0.4) is 0 Å². The summed E-state index contributed by atoms with van der Waals surface area (Å²) in [5.74, 6) is 2.41. The SMILES string of the molecule is Cc1nc(N2CCC(C)C(C)C2)ncc1CNC(C)(C)C. The van der Waals surface area contributed by atoms with Crippen LogP contribution >= 0.6 is 0 Å². The van der Waals surface area contributed by atoms with E-state index in [1.54, 1.807) is 0 Å². The third-order valence-corrected chi connectivity index (χ3v) is 4.49. The number of aromatic nitrogens is 2. The molecule has 1 N–H and O–H groups in total. The molecular weight excluding hydrogens is 260 g/mol. The fraction of sp³-hybridized carbons (Fsp3) is 0.765. The molecule has 1 aliphatic heterocycles. The molecule has 0 saturated carbocycles. The van der Waals surface area contributed by atoms with Crippen molar-refractivity contribution in [1.82, 2.24) is 15.3 Å². The normalized spacial score (nSPS) is 23.4. The second-order valence-electron chi connectivity index (χ2n) is 7.57. The lowest BCUT2D eigenvalue weighted by molar-refractivity contribution is 0.321. The van der Waals surface area contributed by atoms with Crippen LogP contribution in [0.1, 0.15) is 52.3 Å². The first-order chi connectivity index (χ1) is 9.76. The standard InChI is InChI=1S/C17H30N4/c1-12-7-8-21(11-13(12)2)16-18-9-15(14(3)20-16)10-19-17(4,5)6/h9,12-13,19H,7-8,10-11H2,1-6H3. The summed E-state index contributed by atoms with van der Waals surface area (Å²) in [7, 11) is 0. The topological polar surface area (TPSA) is 41.1 Å². The van der Waals surface area contributed by atoms with Gasteiger partial charge < -0.3 is 10.2 Å². The summed E-state index contributed by atoms with van der Waals surface area (Å²) in [5.41, 5.74) is 2.39. The fourth-order valence-corrected chi connectivity index (χ4v) is 2.61. The maximum absolute atomic E-state index is 4.73. The second-order valence-corrected chi connectivity index (χ2v) is 7.57. The highest BCUT2D eigenvalue weighted by Crippen LogP contribution is 2.25. The molecule has 2 rings (SSSR count). The first kappa shape index (κ1) is 16.2. The van der Waals surface area contributed by atoms with Crippen molar-refractivity contribution in [3.63, 3.8) is 0 Å². The highest BCUT2D eigenvalue weighted by molar-refractivity contribution is 5.33. The zero-order valence-electron chi connectivity index (χ0n) is 14.4. The molecule has 1 saturated heterocycles. The molecule has 2 heterocycles. The van der Waals surface area contributed by atoms with E-state index in [1.807, 2.05) is 6.20 Å². The first-order valence-electron chi connectivity index (χ1n) is 8.09. The van der Waals surface area contributed by atoms with E-state index in [-0.39, 0.29) is 5.54 Å². The van der Waals surface area contributed by atoms with Gasteiger partial charge in [0.05, 0.1) is 0 Å². The summed E-state index contributed by atoms with van der Waals surface area (Å²) in [6.45, 7) is 16.2. The fourth-order valence-electron chi connectivity index (χ4n) is 2.61. The lowest BCUT2D eigenvalue weighted by atomic mass is 9.89. The Hall–Kier alpha value is -1.16. The minimum atomic E-state index is 0.115. The summed E-state index contributed by atoms with van der Waals surface area (Å²) in [6, 6.07) is 0. The van der Waals surface area contributed by atoms with Crippen molar-refractivity contribution in [1.29, 1.82) is 0 Å². The molecule has 0 radical (unpaired) electrons. The van der Waals surface area contributed by atoms with Crippen molar-refractivity contribution in [3.05, 3.63) is 17.5 Å². The number of nitrogens with one attached hydrogen (secondary N) is 1. The van der Waals surface area contributed by atoms with Gasteiger partial charge in [-0.15, -0.1) is 0 Å². The van der Waals surface area contributed by atoms with Gasteiger partial charge in [0.2, 0.25) is 5.95 Å². The van der Waals surface area contributed by atoms with E-state index in [9.17, 15) is 0 Å². The number of hydrogen-bond donors (Lipinski definition) is 1. The quantitative estimate of drug-likeness (QED) is 0.928. The molecule has 2 unspecified atom stereocenters. The average Bonchev–Trinajstić information content (AvgIpc) is 2.39. The maximum Gasteiger partial charge on any atom is 0.225 e. The Morgan fingerprint density at radius 1 is 1.29 bits per heavy atom. The lowest BCUT2D eigenvalue weighted by Gasteiger charge is -2.35. The predicted octanol–water partition coefficient (Wildman–Crippen LogP) is 3.16. The van der Waals surface area contributed by atoms with Crippen LogP contribution in [0, 0.1) is 18.8 Å². The number of piperidine rings is 1. The minimum absolute atomic E-state index is 0.115. The molecule has 0 amide bonds. The third-order valence-electron chi connectivity index (χ3n) is 4.49. The molecule has 21 heavy (non-hydrogen) atoms. The van der Waals surface area contributed by atoms with E-state index in [1.165, 1.54) is 12.0 Å². The number of nitrogens with zero attached hydrogens (tertiary/aromatic N) is 3. The van der Waals surface area contributed by atoms with Gasteiger partial charge in [0.25, 0.3) is 0 Å². The van der Waals surface area contributed by atoms with Crippen molar-refractivity contribution in [2.75, 3.05) is 18.0 Å². The van der Waals surface area contributed by atoms with Crippen molar-refractivity contribution in [3.8, 4) is 0 Å². The van der Waals surface area contributed by atoms with Crippen LogP contribution in [0.2, 0.25) is 0 Å². The Balaban J connectivity index is 2.05. The van der Waals surface area contributed by atoms with Gasteiger partial charge in [-0.3, -0.25) is 0 Å². The molecule has 0 spiro atoms. The number of aryl methyl sites for hydroxylation is 1. The summed E-state index contributed by atoms with van der Waals surface area (Å²) in [4.78, 5) is 11.7. The Kier molecular flexibility index (Phi) is 4.87. The second kappa shape index (κ2) is 6.30. The van der Waals surface area contributed by atoms with Gasteiger partial charge in [0.1, 0.15) is 0 Å². The summed E-state index contributed by atoms with van der Waals surface area (Å²) < 4.78 is 0. The third kappa shape index (κ3) is 4.40. The van der Waals surface area contributed by atoms with Gasteiger partial charge in [-0.1, -0.05) is 13.8 Å². The smallest absolute Gasteiger partial charge is 0.225 e. The van der Waals surface area contributed by atoms with E-state index in [4.69, 9.17) is 4.98 Å². The molecule has 0 aromatic carbocycles. The maximum atomic E-state index is 4.73. The molecule has 4 heteroatoms. The van der Waals surface area contributed by atoms with Crippen LogP contribution in [0.5, 0.6) is 0 Å². The number of hydrogen-bond acceptors (Lipinski definition) is 4. The predicted molar refractivity (Wildman–Crippen MR) is 88.5 cm³/mol. The molecule has 0 aliphatic carbocycles. The van der Waals surface area contributed by atoms with Crippen LogP contribution in [-0.2, 0) is 6.54 Å². The van der Waals surface area contributed by atoms with Crippen molar-refractivity contribution in [2.24, 2.45) is 11.8 Å². The van der Waals surface area contributed by atoms with E-state index in [2.05, 4.69) is 56.7 Å². The zero-order valence-corrected chi connectivity index (χ0v) is 14.4. The van der Waals surface area contributed by atoms with Crippen LogP contribution in [0.4, 0.5) is 5.95 Å². The first-order valence-corrected chi connectivity index (χ1v) is 8.09. The van der Waals surface area contributed by atoms with Crippen molar-refractivity contribution < 1.29 is 0 Å². The van der Waals surface area contributed by atoms with Gasteiger partial charge in [0, 0.05) is 42.6 Å². The van der Waals surface area contributed by atoms with E-state index < -0.39 is 0 Å². The molecule has 2 atom stereocenters. The lowest BCUT2D eigenvalue weighted by Crippen LogP contribution is -2.39. The van der Waals surface area contributed by atoms with Gasteiger partial charge in [-0.2, -0.15) is 0 Å². The monoisotopic (exact) mass is 290 g/mol. The van der Waals surface area contributed by atoms with E-state index >= 15 is 0 Å². The molecule has 1 aliphatic rings. The van der Waals surface area contributed by atoms with Crippen molar-refractivity contribution in [2.45, 2.75) is 60.0 Å². The van der Waals surface area contributed by atoms with Gasteiger partial charge >= 0.3 is 0 Å². The Morgan fingerprint density at radius 3 is 2.57 bits per heavy atom. The van der Waals surface area contributed by atoms with E-state index in [0.717, 1.165) is 37.2 Å². The summed E-state index contributed by atoms with van der Waals surface area (Å²) in [6.07, 6.45) is 3.22. The Labute approximate surface area is 129 Å². The van der Waals surface area contributed by atoms with Crippen LogP contribution in [-0.4, -0.2) is 28.6 Å². The minimum Gasteiger partial charge on any atom is -0.341 e. The van der Waals surface area contributed by atoms with Gasteiger partial charge in [-0.25, -0.2) is 9.97 Å². The highest BCUT2D eigenvalue weighted by Gasteiger charge is 2.24. The molecule has 4 nitrogen and oxygen atoms in total. The summed E-state index contributed by atoms with van der Waals surface area (Å²) in [5, 5.41) is 3.50. The molecule has 1 aromatic rings.